The number of hydrogen-bond acceptors (Lipinski definition) is 3. The van der Waals surface area contributed by atoms with Crippen molar-refractivity contribution in [1.29, 1.82) is 0 Å². The first-order chi connectivity index (χ1) is 9.71. The molecule has 6 heteroatoms. The Bertz CT molecular complexity index is 402. The van der Waals surface area contributed by atoms with E-state index < -0.39 is 0 Å². The minimum Gasteiger partial charge on any atom is -0.356 e. The summed E-state index contributed by atoms with van der Waals surface area (Å²) in [4.78, 5) is 8.07. The van der Waals surface area contributed by atoms with Gasteiger partial charge in [0.15, 0.2) is 5.96 Å². The van der Waals surface area contributed by atoms with Gasteiger partial charge in [0, 0.05) is 18.5 Å². The van der Waals surface area contributed by atoms with E-state index >= 15 is 0 Å². The summed E-state index contributed by atoms with van der Waals surface area (Å²) >= 11 is 1.79. The lowest BCUT2D eigenvalue weighted by molar-refractivity contribution is 0.300. The first kappa shape index (κ1) is 20.7. The predicted octanol–water partition coefficient (Wildman–Crippen LogP) is 3.07. The van der Waals surface area contributed by atoms with Gasteiger partial charge >= 0.3 is 0 Å². The zero-order valence-electron chi connectivity index (χ0n) is 13.6. The van der Waals surface area contributed by atoms with Crippen molar-refractivity contribution < 1.29 is 0 Å². The van der Waals surface area contributed by atoms with Crippen LogP contribution in [-0.4, -0.2) is 44.1 Å². The molecule has 0 atom stereocenters. The third kappa shape index (κ3) is 8.01. The van der Waals surface area contributed by atoms with Crippen LogP contribution < -0.4 is 10.6 Å². The summed E-state index contributed by atoms with van der Waals surface area (Å²) < 4.78 is 0. The molecule has 0 aliphatic carbocycles. The van der Waals surface area contributed by atoms with Crippen LogP contribution in [0.3, 0.4) is 0 Å². The van der Waals surface area contributed by atoms with Crippen molar-refractivity contribution >= 4 is 41.3 Å². The maximum Gasteiger partial charge on any atom is 0.191 e. The largest absolute Gasteiger partial charge is 0.356 e. The van der Waals surface area contributed by atoms with E-state index in [1.807, 2.05) is 7.05 Å². The summed E-state index contributed by atoms with van der Waals surface area (Å²) in [5.41, 5.74) is 1.35. The third-order valence-electron chi connectivity index (χ3n) is 3.45. The molecular weight excluding hydrogens is 395 g/mol. The van der Waals surface area contributed by atoms with E-state index in [1.165, 1.54) is 10.4 Å². The molecule has 0 saturated heterocycles. The molecule has 0 saturated carbocycles. The number of rotatable bonds is 8. The molecule has 1 aromatic rings. The third-order valence-corrected chi connectivity index (χ3v) is 4.47. The van der Waals surface area contributed by atoms with E-state index in [2.05, 4.69) is 52.7 Å². The fourth-order valence-electron chi connectivity index (χ4n) is 2.02. The zero-order valence-corrected chi connectivity index (χ0v) is 16.8. The molecular formula is C15H29IN4S. The van der Waals surface area contributed by atoms with Crippen molar-refractivity contribution in [3.05, 3.63) is 21.9 Å². The molecule has 1 heterocycles. The Balaban J connectivity index is 0.00000400. The van der Waals surface area contributed by atoms with Crippen molar-refractivity contribution in [2.45, 2.75) is 33.7 Å². The summed E-state index contributed by atoms with van der Waals surface area (Å²) in [5.74, 6) is 0.886. The van der Waals surface area contributed by atoms with E-state index in [-0.39, 0.29) is 24.0 Å². The predicted molar refractivity (Wildman–Crippen MR) is 105 cm³/mol. The summed E-state index contributed by atoms with van der Waals surface area (Å²) in [6.07, 6.45) is 1.14. The highest BCUT2D eigenvalue weighted by Gasteiger charge is 2.02. The number of nitrogens with one attached hydrogen (secondary N) is 2. The highest BCUT2D eigenvalue weighted by atomic mass is 127. The number of hydrogen-bond donors (Lipinski definition) is 2. The topological polar surface area (TPSA) is 39.7 Å². The van der Waals surface area contributed by atoms with Gasteiger partial charge in [-0.2, -0.15) is 0 Å². The van der Waals surface area contributed by atoms with Gasteiger partial charge in [-0.1, -0.05) is 13.8 Å². The lowest BCUT2D eigenvalue weighted by Crippen LogP contribution is -2.38. The summed E-state index contributed by atoms with van der Waals surface area (Å²) in [6.45, 7) is 11.8. The van der Waals surface area contributed by atoms with Crippen LogP contribution in [-0.2, 0) is 6.54 Å². The Morgan fingerprint density at radius 1 is 1.29 bits per heavy atom. The monoisotopic (exact) mass is 424 g/mol. The van der Waals surface area contributed by atoms with Crippen LogP contribution in [0.25, 0.3) is 0 Å². The van der Waals surface area contributed by atoms with Crippen molar-refractivity contribution in [3.8, 4) is 0 Å². The van der Waals surface area contributed by atoms with Gasteiger partial charge in [-0.15, -0.1) is 35.3 Å². The molecule has 4 nitrogen and oxygen atoms in total. The van der Waals surface area contributed by atoms with Gasteiger partial charge in [-0.25, -0.2) is 0 Å². The van der Waals surface area contributed by atoms with E-state index in [4.69, 9.17) is 0 Å². The first-order valence-corrected chi connectivity index (χ1v) is 8.29. The van der Waals surface area contributed by atoms with Crippen LogP contribution in [0.4, 0.5) is 0 Å². The summed E-state index contributed by atoms with van der Waals surface area (Å²) in [6, 6.07) is 2.15. The normalized spacial score (nSPS) is 11.4. The standard InChI is InChI=1S/C15H28N4S.HI/c1-5-19(6-2)10-7-9-17-15(16-4)18-12-14-13(3)8-11-20-14;/h8,11H,5-7,9-10,12H2,1-4H3,(H2,16,17,18);1H. The van der Waals surface area contributed by atoms with Gasteiger partial charge in [-0.3, -0.25) is 4.99 Å². The first-order valence-electron chi connectivity index (χ1n) is 7.41. The van der Waals surface area contributed by atoms with Gasteiger partial charge in [0.1, 0.15) is 0 Å². The Hall–Kier alpha value is -0.340. The second-order valence-corrected chi connectivity index (χ2v) is 5.76. The Kier molecular flexibility index (Phi) is 12.0. The van der Waals surface area contributed by atoms with Crippen LogP contribution in [0, 0.1) is 6.92 Å². The van der Waals surface area contributed by atoms with E-state index in [0.717, 1.165) is 45.1 Å². The Morgan fingerprint density at radius 2 is 2.00 bits per heavy atom. The molecule has 0 amide bonds. The highest BCUT2D eigenvalue weighted by molar-refractivity contribution is 14.0. The number of aryl methyl sites for hydroxylation is 1. The van der Waals surface area contributed by atoms with E-state index in [0.29, 0.717) is 0 Å². The molecule has 2 N–H and O–H groups in total. The minimum atomic E-state index is 0. The second-order valence-electron chi connectivity index (χ2n) is 4.76. The Morgan fingerprint density at radius 3 is 2.52 bits per heavy atom. The Labute approximate surface area is 150 Å². The fourth-order valence-corrected chi connectivity index (χ4v) is 2.86. The van der Waals surface area contributed by atoms with Crippen LogP contribution in [0.1, 0.15) is 30.7 Å². The molecule has 0 radical (unpaired) electrons. The SMILES string of the molecule is CCN(CC)CCCNC(=NC)NCc1sccc1C.I. The molecule has 0 unspecified atom stereocenters. The van der Waals surface area contributed by atoms with Gasteiger partial charge in [0.25, 0.3) is 0 Å². The van der Waals surface area contributed by atoms with Crippen LogP contribution in [0.15, 0.2) is 16.4 Å². The molecule has 0 aromatic carbocycles. The summed E-state index contributed by atoms with van der Waals surface area (Å²) in [5, 5.41) is 8.87. The summed E-state index contributed by atoms with van der Waals surface area (Å²) in [7, 11) is 1.82. The van der Waals surface area contributed by atoms with Crippen molar-refractivity contribution in [3.63, 3.8) is 0 Å². The number of aliphatic imine (C=N–C) groups is 1. The maximum atomic E-state index is 4.26. The highest BCUT2D eigenvalue weighted by Crippen LogP contribution is 2.14. The minimum absolute atomic E-state index is 0. The number of guanidine groups is 1. The number of halogens is 1. The molecule has 0 spiro atoms. The van der Waals surface area contributed by atoms with Crippen LogP contribution >= 0.6 is 35.3 Å². The molecule has 1 aromatic heterocycles. The lowest BCUT2D eigenvalue weighted by Gasteiger charge is -2.18. The molecule has 0 fully saturated rings. The lowest BCUT2D eigenvalue weighted by atomic mass is 10.3. The van der Waals surface area contributed by atoms with Gasteiger partial charge in [0.05, 0.1) is 6.54 Å². The second kappa shape index (κ2) is 12.2. The molecule has 122 valence electrons. The van der Waals surface area contributed by atoms with Gasteiger partial charge < -0.3 is 15.5 Å². The number of thiophene rings is 1. The zero-order chi connectivity index (χ0) is 14.8. The molecule has 21 heavy (non-hydrogen) atoms. The average molecular weight is 424 g/mol. The maximum absolute atomic E-state index is 4.26. The molecule has 0 bridgehead atoms. The van der Waals surface area contributed by atoms with Gasteiger partial charge in [-0.05, 0) is 50.0 Å². The molecule has 0 aliphatic heterocycles. The van der Waals surface area contributed by atoms with Crippen molar-refractivity contribution in [2.75, 3.05) is 33.2 Å². The van der Waals surface area contributed by atoms with E-state index in [1.54, 1.807) is 11.3 Å². The van der Waals surface area contributed by atoms with Crippen molar-refractivity contribution in [1.82, 2.24) is 15.5 Å². The quantitative estimate of drug-likeness (QED) is 0.292. The molecule has 0 aliphatic rings. The van der Waals surface area contributed by atoms with Crippen LogP contribution in [0.2, 0.25) is 0 Å². The average Bonchev–Trinajstić information content (AvgIpc) is 2.87. The van der Waals surface area contributed by atoms with Gasteiger partial charge in [0.2, 0.25) is 0 Å². The number of nitrogens with zero attached hydrogens (tertiary/aromatic N) is 2. The van der Waals surface area contributed by atoms with Crippen LogP contribution in [0.5, 0.6) is 0 Å². The van der Waals surface area contributed by atoms with Crippen molar-refractivity contribution in [2.24, 2.45) is 4.99 Å². The smallest absolute Gasteiger partial charge is 0.191 e. The van der Waals surface area contributed by atoms with E-state index in [9.17, 15) is 0 Å². The molecule has 1 rings (SSSR count). The fraction of sp³-hybridized carbons (Fsp3) is 0.667.